The first kappa shape index (κ1) is 16.1. The summed E-state index contributed by atoms with van der Waals surface area (Å²) in [5.74, 6) is -1.47. The molecule has 112 valence electrons. The molecule has 2 rings (SSSR count). The lowest BCUT2D eigenvalue weighted by Gasteiger charge is -2.11. The molecule has 0 amide bonds. The van der Waals surface area contributed by atoms with Crippen LogP contribution in [0.5, 0.6) is 0 Å². The Hall–Kier alpha value is -1.26. The summed E-state index contributed by atoms with van der Waals surface area (Å²) < 4.78 is 53.6. The average molecular weight is 425 g/mol. The van der Waals surface area contributed by atoms with Crippen LogP contribution in [0.25, 0.3) is 0 Å². The molecule has 0 aliphatic rings. The summed E-state index contributed by atoms with van der Waals surface area (Å²) in [5, 5.41) is 8.89. The van der Waals surface area contributed by atoms with Gasteiger partial charge in [0.2, 0.25) is 0 Å². The number of halogens is 3. The number of aliphatic hydroxyl groups is 1. The Morgan fingerprint density at radius 2 is 1.86 bits per heavy atom. The average Bonchev–Trinajstić information content (AvgIpc) is 2.41. The van der Waals surface area contributed by atoms with Crippen LogP contribution >= 0.6 is 22.6 Å². The lowest BCUT2D eigenvalue weighted by atomic mass is 10.2. The van der Waals surface area contributed by atoms with E-state index in [4.69, 9.17) is 5.11 Å². The van der Waals surface area contributed by atoms with Crippen LogP contribution in [0.15, 0.2) is 41.3 Å². The van der Waals surface area contributed by atoms with Crippen molar-refractivity contribution in [2.45, 2.75) is 11.5 Å². The Balaban J connectivity index is 2.38. The first-order valence-corrected chi connectivity index (χ1v) is 8.27. The number of hydrogen-bond acceptors (Lipinski definition) is 3. The molecule has 4 nitrogen and oxygen atoms in total. The third-order valence-corrected chi connectivity index (χ3v) is 4.94. The fraction of sp³-hybridized carbons (Fsp3) is 0.0769. The number of hydrogen-bond donors (Lipinski definition) is 2. The van der Waals surface area contributed by atoms with Crippen LogP contribution in [0, 0.1) is 15.2 Å². The van der Waals surface area contributed by atoms with Gasteiger partial charge in [-0.1, -0.05) is 6.07 Å². The van der Waals surface area contributed by atoms with Crippen LogP contribution in [-0.2, 0) is 16.6 Å². The van der Waals surface area contributed by atoms with Gasteiger partial charge in [-0.25, -0.2) is 17.2 Å². The van der Waals surface area contributed by atoms with Crippen LogP contribution in [0.3, 0.4) is 0 Å². The predicted molar refractivity (Wildman–Crippen MR) is 82.2 cm³/mol. The normalized spacial score (nSPS) is 11.4. The molecule has 0 saturated carbocycles. The molecule has 0 atom stereocenters. The zero-order valence-corrected chi connectivity index (χ0v) is 13.5. The minimum Gasteiger partial charge on any atom is -0.392 e. The SMILES string of the molecule is O=S(=O)(Nc1ccc(F)cc1I)c1ccc(CO)cc1F. The van der Waals surface area contributed by atoms with Gasteiger partial charge < -0.3 is 5.11 Å². The van der Waals surface area contributed by atoms with Crippen molar-refractivity contribution >= 4 is 38.3 Å². The zero-order valence-electron chi connectivity index (χ0n) is 10.5. The van der Waals surface area contributed by atoms with E-state index in [0.717, 1.165) is 24.3 Å². The van der Waals surface area contributed by atoms with Crippen molar-refractivity contribution in [3.8, 4) is 0 Å². The van der Waals surface area contributed by atoms with E-state index in [1.54, 1.807) is 22.6 Å². The molecule has 2 N–H and O–H groups in total. The second-order valence-corrected chi connectivity index (χ2v) is 6.97. The second-order valence-electron chi connectivity index (χ2n) is 4.15. The van der Waals surface area contributed by atoms with E-state index in [9.17, 15) is 17.2 Å². The second kappa shape index (κ2) is 6.24. The summed E-state index contributed by atoms with van der Waals surface area (Å²) in [4.78, 5) is -0.542. The van der Waals surface area contributed by atoms with Crippen LogP contribution in [0.2, 0.25) is 0 Å². The summed E-state index contributed by atoms with van der Waals surface area (Å²) in [6.45, 7) is -0.388. The maximum Gasteiger partial charge on any atom is 0.264 e. The van der Waals surface area contributed by atoms with Gasteiger partial charge in [-0.2, -0.15) is 0 Å². The molecule has 21 heavy (non-hydrogen) atoms. The van der Waals surface area contributed by atoms with Gasteiger partial charge in [-0.05, 0) is 58.5 Å². The van der Waals surface area contributed by atoms with Crippen molar-refractivity contribution < 1.29 is 22.3 Å². The Morgan fingerprint density at radius 1 is 1.14 bits per heavy atom. The van der Waals surface area contributed by atoms with E-state index in [1.807, 2.05) is 0 Å². The highest BCUT2D eigenvalue weighted by molar-refractivity contribution is 14.1. The van der Waals surface area contributed by atoms with E-state index in [2.05, 4.69) is 4.72 Å². The molecule has 0 spiro atoms. The molecular formula is C13H10F2INO3S. The summed E-state index contributed by atoms with van der Waals surface area (Å²) in [5.41, 5.74) is 0.422. The minimum atomic E-state index is -4.14. The van der Waals surface area contributed by atoms with E-state index < -0.39 is 26.6 Å². The fourth-order valence-corrected chi connectivity index (χ4v) is 3.57. The maximum absolute atomic E-state index is 13.8. The number of sulfonamides is 1. The third kappa shape index (κ3) is 3.69. The topological polar surface area (TPSA) is 66.4 Å². The monoisotopic (exact) mass is 425 g/mol. The smallest absolute Gasteiger partial charge is 0.264 e. The first-order chi connectivity index (χ1) is 9.83. The molecule has 2 aromatic rings. The Morgan fingerprint density at radius 3 is 2.43 bits per heavy atom. The highest BCUT2D eigenvalue weighted by Gasteiger charge is 2.20. The minimum absolute atomic E-state index is 0.155. The highest BCUT2D eigenvalue weighted by Crippen LogP contribution is 2.24. The number of aliphatic hydroxyl groups excluding tert-OH is 1. The summed E-state index contributed by atoms with van der Waals surface area (Å²) in [6, 6.07) is 6.85. The number of benzene rings is 2. The van der Waals surface area contributed by atoms with Crippen molar-refractivity contribution in [1.82, 2.24) is 0 Å². The van der Waals surface area contributed by atoms with Gasteiger partial charge in [0, 0.05) is 3.57 Å². The molecule has 8 heteroatoms. The maximum atomic E-state index is 13.8. The van der Waals surface area contributed by atoms with Crippen LogP contribution in [-0.4, -0.2) is 13.5 Å². The molecule has 0 heterocycles. The number of nitrogens with one attached hydrogen (secondary N) is 1. The number of anilines is 1. The van der Waals surface area contributed by atoms with Crippen LogP contribution < -0.4 is 4.72 Å². The van der Waals surface area contributed by atoms with Crippen molar-refractivity contribution in [3.63, 3.8) is 0 Å². The lowest BCUT2D eigenvalue weighted by molar-refractivity contribution is 0.281. The molecule has 0 bridgehead atoms. The van der Waals surface area contributed by atoms with Crippen molar-refractivity contribution in [1.29, 1.82) is 0 Å². The van der Waals surface area contributed by atoms with E-state index >= 15 is 0 Å². The molecule has 0 aromatic heterocycles. The highest BCUT2D eigenvalue weighted by atomic mass is 127. The van der Waals surface area contributed by atoms with Crippen molar-refractivity contribution in [3.05, 3.63) is 57.2 Å². The molecule has 2 aromatic carbocycles. The molecule has 0 unspecified atom stereocenters. The summed E-state index contributed by atoms with van der Waals surface area (Å²) in [6.07, 6.45) is 0. The third-order valence-electron chi connectivity index (χ3n) is 2.64. The summed E-state index contributed by atoms with van der Waals surface area (Å²) in [7, 11) is -4.14. The van der Waals surface area contributed by atoms with Crippen LogP contribution in [0.1, 0.15) is 5.56 Å². The Kier molecular flexibility index (Phi) is 4.79. The van der Waals surface area contributed by atoms with Gasteiger partial charge >= 0.3 is 0 Å². The van der Waals surface area contributed by atoms with E-state index in [-0.39, 0.29) is 17.9 Å². The molecule has 0 saturated heterocycles. The lowest BCUT2D eigenvalue weighted by Crippen LogP contribution is -2.15. The van der Waals surface area contributed by atoms with E-state index in [0.29, 0.717) is 3.57 Å². The van der Waals surface area contributed by atoms with E-state index in [1.165, 1.54) is 12.1 Å². The largest absolute Gasteiger partial charge is 0.392 e. The van der Waals surface area contributed by atoms with Crippen LogP contribution in [0.4, 0.5) is 14.5 Å². The molecular weight excluding hydrogens is 415 g/mol. The van der Waals surface area contributed by atoms with Gasteiger partial charge in [0.05, 0.1) is 12.3 Å². The van der Waals surface area contributed by atoms with Gasteiger partial charge in [0.25, 0.3) is 10.0 Å². The number of rotatable bonds is 4. The standard InChI is InChI=1S/C13H10F2INO3S/c14-9-2-3-12(11(16)6-9)17-21(19,20)13-4-1-8(7-18)5-10(13)15/h1-6,17-18H,7H2. The van der Waals surface area contributed by atoms with Gasteiger partial charge in [-0.15, -0.1) is 0 Å². The zero-order chi connectivity index (χ0) is 15.6. The van der Waals surface area contributed by atoms with Gasteiger partial charge in [0.15, 0.2) is 0 Å². The molecule has 0 fully saturated rings. The molecule has 0 aliphatic heterocycles. The predicted octanol–water partition coefficient (Wildman–Crippen LogP) is 2.86. The van der Waals surface area contributed by atoms with Crippen molar-refractivity contribution in [2.75, 3.05) is 4.72 Å². The summed E-state index contributed by atoms with van der Waals surface area (Å²) >= 11 is 1.77. The van der Waals surface area contributed by atoms with Gasteiger partial charge in [0.1, 0.15) is 16.5 Å². The van der Waals surface area contributed by atoms with Gasteiger partial charge in [-0.3, -0.25) is 4.72 Å². The van der Waals surface area contributed by atoms with Crippen molar-refractivity contribution in [2.24, 2.45) is 0 Å². The fourth-order valence-electron chi connectivity index (χ4n) is 1.63. The molecule has 0 aliphatic carbocycles. The molecule has 0 radical (unpaired) electrons. The Bertz CT molecular complexity index is 781. The Labute approximate surface area is 134 Å². The quantitative estimate of drug-likeness (QED) is 0.741. The first-order valence-electron chi connectivity index (χ1n) is 5.70.